The highest BCUT2D eigenvalue weighted by atomic mass is 16.5. The maximum absolute atomic E-state index is 13.5. The van der Waals surface area contributed by atoms with Gasteiger partial charge in [0.05, 0.1) is 31.2 Å². The van der Waals surface area contributed by atoms with Crippen LogP contribution in [0.25, 0.3) is 10.9 Å². The van der Waals surface area contributed by atoms with Gasteiger partial charge in [0.1, 0.15) is 11.6 Å². The predicted octanol–water partition coefficient (Wildman–Crippen LogP) is 3.35. The Labute approximate surface area is 183 Å². The van der Waals surface area contributed by atoms with Crippen molar-refractivity contribution >= 4 is 10.9 Å². The van der Waals surface area contributed by atoms with E-state index in [4.69, 9.17) is 19.2 Å². The Morgan fingerprint density at radius 2 is 1.74 bits per heavy atom. The minimum absolute atomic E-state index is 0.0374. The van der Waals surface area contributed by atoms with Gasteiger partial charge in [-0.2, -0.15) is 0 Å². The van der Waals surface area contributed by atoms with E-state index in [1.807, 2.05) is 52.2 Å². The highest BCUT2D eigenvalue weighted by Gasteiger charge is 2.16. The van der Waals surface area contributed by atoms with E-state index in [0.29, 0.717) is 41.2 Å². The van der Waals surface area contributed by atoms with Crippen LogP contribution in [-0.4, -0.2) is 55.4 Å². The van der Waals surface area contributed by atoms with Crippen LogP contribution in [-0.2, 0) is 13.0 Å². The second-order valence-electron chi connectivity index (χ2n) is 8.00. The van der Waals surface area contributed by atoms with Gasteiger partial charge in [0.2, 0.25) is 0 Å². The fourth-order valence-corrected chi connectivity index (χ4v) is 3.37. The first kappa shape index (κ1) is 22.6. The van der Waals surface area contributed by atoms with E-state index in [-0.39, 0.29) is 11.7 Å². The summed E-state index contributed by atoms with van der Waals surface area (Å²) in [6.45, 7) is 5.16. The summed E-state index contributed by atoms with van der Waals surface area (Å²) in [6, 6.07) is 11.3. The molecule has 3 aromatic rings. The quantitative estimate of drug-likeness (QED) is 0.524. The van der Waals surface area contributed by atoms with E-state index >= 15 is 0 Å². The summed E-state index contributed by atoms with van der Waals surface area (Å²) in [6.07, 6.45) is 0.499. The van der Waals surface area contributed by atoms with E-state index in [1.165, 1.54) is 0 Å². The highest BCUT2D eigenvalue weighted by Crippen LogP contribution is 2.31. The van der Waals surface area contributed by atoms with Crippen molar-refractivity contribution in [3.05, 3.63) is 58.1 Å². The second kappa shape index (κ2) is 9.83. The van der Waals surface area contributed by atoms with E-state index in [1.54, 1.807) is 30.9 Å². The number of aromatic nitrogens is 2. The Hall–Kier alpha value is -3.06. The molecule has 0 atom stereocenters. The third-order valence-electron chi connectivity index (χ3n) is 4.97. The van der Waals surface area contributed by atoms with Crippen molar-refractivity contribution in [3.63, 3.8) is 0 Å². The molecule has 166 valence electrons. The number of nitrogens with zero attached hydrogens (tertiary/aromatic N) is 3. The summed E-state index contributed by atoms with van der Waals surface area (Å²) in [5, 5.41) is 0.522. The van der Waals surface area contributed by atoms with Crippen LogP contribution < -0.4 is 19.8 Å². The molecular weight excluding hydrogens is 394 g/mol. The Morgan fingerprint density at radius 3 is 2.32 bits per heavy atom. The molecule has 0 unspecified atom stereocenters. The van der Waals surface area contributed by atoms with Gasteiger partial charge in [0, 0.05) is 25.6 Å². The number of fused-ring (bicyclic) bond motifs is 1. The van der Waals surface area contributed by atoms with Gasteiger partial charge in [0.15, 0.2) is 11.5 Å². The maximum Gasteiger partial charge on any atom is 0.261 e. The van der Waals surface area contributed by atoms with Gasteiger partial charge < -0.3 is 19.1 Å². The summed E-state index contributed by atoms with van der Waals surface area (Å²) in [7, 11) is 7.21. The van der Waals surface area contributed by atoms with Crippen molar-refractivity contribution in [2.75, 3.05) is 34.9 Å². The molecule has 7 heteroatoms. The third kappa shape index (κ3) is 5.35. The molecule has 0 saturated carbocycles. The minimum Gasteiger partial charge on any atom is -0.497 e. The summed E-state index contributed by atoms with van der Waals surface area (Å²) in [5.74, 6) is 2.62. The van der Waals surface area contributed by atoms with Crippen LogP contribution in [0, 0.1) is 0 Å². The largest absolute Gasteiger partial charge is 0.497 e. The van der Waals surface area contributed by atoms with Crippen LogP contribution >= 0.6 is 0 Å². The molecule has 7 nitrogen and oxygen atoms in total. The number of ether oxygens (including phenoxy) is 3. The molecular formula is C24H31N3O4. The number of benzene rings is 2. The van der Waals surface area contributed by atoms with Crippen LogP contribution in [0.15, 0.2) is 41.2 Å². The Morgan fingerprint density at radius 1 is 1.03 bits per heavy atom. The highest BCUT2D eigenvalue weighted by molar-refractivity contribution is 5.82. The van der Waals surface area contributed by atoms with E-state index in [2.05, 4.69) is 4.90 Å². The number of rotatable bonds is 9. The van der Waals surface area contributed by atoms with Crippen molar-refractivity contribution in [1.82, 2.24) is 14.5 Å². The number of methoxy groups -OCH3 is 2. The van der Waals surface area contributed by atoms with Gasteiger partial charge in [-0.3, -0.25) is 9.36 Å². The Kier molecular flexibility index (Phi) is 7.17. The molecule has 3 rings (SSSR count). The van der Waals surface area contributed by atoms with Gasteiger partial charge in [-0.1, -0.05) is 12.1 Å². The van der Waals surface area contributed by atoms with Gasteiger partial charge >= 0.3 is 0 Å². The first-order valence-electron chi connectivity index (χ1n) is 10.4. The second-order valence-corrected chi connectivity index (χ2v) is 8.00. The summed E-state index contributed by atoms with van der Waals surface area (Å²) >= 11 is 0. The smallest absolute Gasteiger partial charge is 0.261 e. The number of likely N-dealkylation sites (N-methyl/N-ethyl adjacent to an activating group) is 1. The molecule has 0 radical (unpaired) electrons. The van der Waals surface area contributed by atoms with E-state index in [9.17, 15) is 4.79 Å². The first-order valence-corrected chi connectivity index (χ1v) is 10.4. The van der Waals surface area contributed by atoms with Crippen LogP contribution in [0.3, 0.4) is 0 Å². The van der Waals surface area contributed by atoms with Crippen molar-refractivity contribution < 1.29 is 14.2 Å². The predicted molar refractivity (Wildman–Crippen MR) is 123 cm³/mol. The first-order chi connectivity index (χ1) is 14.8. The van der Waals surface area contributed by atoms with Gasteiger partial charge in [0.25, 0.3) is 5.56 Å². The fourth-order valence-electron chi connectivity index (χ4n) is 3.37. The van der Waals surface area contributed by atoms with E-state index in [0.717, 1.165) is 17.9 Å². The normalized spacial score (nSPS) is 11.4. The molecule has 1 heterocycles. The van der Waals surface area contributed by atoms with Crippen LogP contribution in [0.4, 0.5) is 0 Å². The molecule has 0 aliphatic carbocycles. The van der Waals surface area contributed by atoms with Crippen LogP contribution in [0.5, 0.6) is 17.2 Å². The summed E-state index contributed by atoms with van der Waals surface area (Å²) < 4.78 is 18.4. The average Bonchev–Trinajstić information content (AvgIpc) is 2.73. The van der Waals surface area contributed by atoms with Gasteiger partial charge in [-0.25, -0.2) is 4.98 Å². The molecule has 0 aliphatic heterocycles. The molecule has 0 bridgehead atoms. The van der Waals surface area contributed by atoms with Crippen molar-refractivity contribution in [1.29, 1.82) is 0 Å². The van der Waals surface area contributed by atoms with E-state index < -0.39 is 0 Å². The molecule has 0 N–H and O–H groups in total. The molecule has 1 aromatic heterocycles. The van der Waals surface area contributed by atoms with Crippen molar-refractivity contribution in [2.45, 2.75) is 32.9 Å². The maximum atomic E-state index is 13.5. The number of hydrogen-bond acceptors (Lipinski definition) is 6. The van der Waals surface area contributed by atoms with Gasteiger partial charge in [-0.15, -0.1) is 0 Å². The lowest BCUT2D eigenvalue weighted by Crippen LogP contribution is -2.30. The molecule has 0 saturated heterocycles. The summed E-state index contributed by atoms with van der Waals surface area (Å²) in [4.78, 5) is 20.4. The van der Waals surface area contributed by atoms with Crippen molar-refractivity contribution in [2.24, 2.45) is 0 Å². The average molecular weight is 426 g/mol. The molecule has 2 aromatic carbocycles. The van der Waals surface area contributed by atoms with Crippen LogP contribution in [0.1, 0.15) is 25.2 Å². The minimum atomic E-state index is -0.0772. The van der Waals surface area contributed by atoms with Gasteiger partial charge in [-0.05, 0) is 51.7 Å². The molecule has 0 amide bonds. The standard InChI is InChI=1S/C24H31N3O4/c1-16(2)31-22-14-19-20(15-21(22)30-6)25-23(27(24(19)28)12-11-26(3)4)13-17-7-9-18(29-5)10-8-17/h7-10,14-16H,11-13H2,1-6H3. The zero-order valence-electron chi connectivity index (χ0n) is 19.1. The fraction of sp³-hybridized carbons (Fsp3) is 0.417. The summed E-state index contributed by atoms with van der Waals surface area (Å²) in [5.41, 5.74) is 1.58. The Balaban J connectivity index is 2.13. The molecule has 0 spiro atoms. The lowest BCUT2D eigenvalue weighted by Gasteiger charge is -2.18. The molecule has 31 heavy (non-hydrogen) atoms. The lowest BCUT2D eigenvalue weighted by atomic mass is 10.1. The number of hydrogen-bond donors (Lipinski definition) is 0. The van der Waals surface area contributed by atoms with Crippen molar-refractivity contribution in [3.8, 4) is 17.2 Å². The zero-order chi connectivity index (χ0) is 22.5. The molecule has 0 fully saturated rings. The monoisotopic (exact) mass is 425 g/mol. The zero-order valence-corrected chi connectivity index (χ0v) is 19.1. The molecule has 0 aliphatic rings. The van der Waals surface area contributed by atoms with Crippen LogP contribution in [0.2, 0.25) is 0 Å². The topological polar surface area (TPSA) is 65.8 Å². The lowest BCUT2D eigenvalue weighted by molar-refractivity contribution is 0.230. The Bertz CT molecular complexity index is 1090. The third-order valence-corrected chi connectivity index (χ3v) is 4.97. The SMILES string of the molecule is COc1ccc(Cc2nc3cc(OC)c(OC(C)C)cc3c(=O)n2CCN(C)C)cc1.